The summed E-state index contributed by atoms with van der Waals surface area (Å²) >= 11 is 1.77. The van der Waals surface area contributed by atoms with E-state index in [2.05, 4.69) is 53.7 Å². The highest BCUT2D eigenvalue weighted by Gasteiger charge is 2.24. The summed E-state index contributed by atoms with van der Waals surface area (Å²) in [6.07, 6.45) is 4.58. The number of rotatable bonds is 6. The van der Waals surface area contributed by atoms with Crippen LogP contribution in [0.15, 0.2) is 40.3 Å². The maximum absolute atomic E-state index is 12.6. The first-order valence-electron chi connectivity index (χ1n) is 9.64. The van der Waals surface area contributed by atoms with Crippen LogP contribution in [-0.2, 0) is 11.2 Å². The summed E-state index contributed by atoms with van der Waals surface area (Å²) in [5, 5.41) is 6.32. The molecular formula is C22H26N2O2S. The Morgan fingerprint density at radius 1 is 1.26 bits per heavy atom. The molecule has 0 unspecified atom stereocenters. The van der Waals surface area contributed by atoms with Gasteiger partial charge in [-0.2, -0.15) is 0 Å². The molecule has 1 aliphatic rings. The first-order valence-corrected chi connectivity index (χ1v) is 10.5. The molecule has 27 heavy (non-hydrogen) atoms. The van der Waals surface area contributed by atoms with Gasteiger partial charge in [0.1, 0.15) is 5.58 Å². The molecule has 3 aromatic rings. The average Bonchev–Trinajstić information content (AvgIpc) is 3.41. The lowest BCUT2D eigenvalue weighted by molar-refractivity contribution is -0.120. The van der Waals surface area contributed by atoms with Gasteiger partial charge >= 0.3 is 0 Å². The Morgan fingerprint density at radius 3 is 2.81 bits per heavy atom. The minimum Gasteiger partial charge on any atom is -0.464 e. The van der Waals surface area contributed by atoms with E-state index in [1.165, 1.54) is 23.3 Å². The van der Waals surface area contributed by atoms with Crippen molar-refractivity contribution in [2.24, 2.45) is 0 Å². The summed E-state index contributed by atoms with van der Waals surface area (Å²) in [6.45, 7) is 7.03. The lowest BCUT2D eigenvalue weighted by Crippen LogP contribution is -2.37. The number of thiophene rings is 1. The number of fused-ring (bicyclic) bond motifs is 1. The highest BCUT2D eigenvalue weighted by molar-refractivity contribution is 7.10. The Morgan fingerprint density at radius 2 is 2.07 bits per heavy atom. The van der Waals surface area contributed by atoms with E-state index in [-0.39, 0.29) is 11.9 Å². The van der Waals surface area contributed by atoms with Gasteiger partial charge in [0, 0.05) is 22.4 Å². The van der Waals surface area contributed by atoms with Crippen molar-refractivity contribution in [3.63, 3.8) is 0 Å². The van der Waals surface area contributed by atoms with Gasteiger partial charge < -0.3 is 9.73 Å². The number of hydrogen-bond donors (Lipinski definition) is 1. The molecule has 0 spiro atoms. The van der Waals surface area contributed by atoms with Gasteiger partial charge in [-0.05, 0) is 62.4 Å². The Bertz CT molecular complexity index is 923. The SMILES string of the molecule is Cc1ccc2c(CC(=O)NC[C@H](c3cccs3)N3CCCC3)coc2c1C. The zero-order valence-electron chi connectivity index (χ0n) is 16.0. The van der Waals surface area contributed by atoms with Crippen molar-refractivity contribution in [1.29, 1.82) is 0 Å². The molecule has 1 aromatic carbocycles. The van der Waals surface area contributed by atoms with E-state index in [9.17, 15) is 4.79 Å². The van der Waals surface area contributed by atoms with Gasteiger partial charge in [0.2, 0.25) is 5.91 Å². The molecule has 1 aliphatic heterocycles. The van der Waals surface area contributed by atoms with Crippen molar-refractivity contribution in [2.45, 2.75) is 39.2 Å². The second kappa shape index (κ2) is 7.87. The molecule has 1 amide bonds. The second-order valence-electron chi connectivity index (χ2n) is 7.40. The normalized spacial score (nSPS) is 16.1. The number of benzene rings is 1. The minimum absolute atomic E-state index is 0.0525. The lowest BCUT2D eigenvalue weighted by atomic mass is 10.0. The Kier molecular flexibility index (Phi) is 5.32. The number of carbonyl (C=O) groups is 1. The predicted octanol–water partition coefficient (Wildman–Crippen LogP) is 4.61. The molecule has 0 saturated carbocycles. The van der Waals surface area contributed by atoms with Crippen LogP contribution in [-0.4, -0.2) is 30.4 Å². The summed E-state index contributed by atoms with van der Waals surface area (Å²) in [7, 11) is 0. The van der Waals surface area contributed by atoms with Crippen LogP contribution in [0.25, 0.3) is 11.0 Å². The molecule has 3 heterocycles. The van der Waals surface area contributed by atoms with Crippen LogP contribution in [0.2, 0.25) is 0 Å². The van der Waals surface area contributed by atoms with E-state index in [0.717, 1.165) is 35.2 Å². The highest BCUT2D eigenvalue weighted by Crippen LogP contribution is 2.29. The lowest BCUT2D eigenvalue weighted by Gasteiger charge is -2.26. The van der Waals surface area contributed by atoms with Crippen LogP contribution in [0.5, 0.6) is 0 Å². The second-order valence-corrected chi connectivity index (χ2v) is 8.38. The smallest absolute Gasteiger partial charge is 0.224 e. The molecule has 0 bridgehead atoms. The number of carbonyl (C=O) groups excluding carboxylic acids is 1. The fraction of sp³-hybridized carbons (Fsp3) is 0.409. The molecule has 4 rings (SSSR count). The van der Waals surface area contributed by atoms with Crippen LogP contribution < -0.4 is 5.32 Å². The highest BCUT2D eigenvalue weighted by atomic mass is 32.1. The Balaban J connectivity index is 1.44. The van der Waals surface area contributed by atoms with Crippen LogP contribution in [0.4, 0.5) is 0 Å². The molecule has 4 nitrogen and oxygen atoms in total. The molecule has 1 fully saturated rings. The van der Waals surface area contributed by atoms with Crippen molar-refractivity contribution in [1.82, 2.24) is 10.2 Å². The Hall–Kier alpha value is -2.11. The molecule has 1 atom stereocenters. The van der Waals surface area contributed by atoms with Gasteiger partial charge in [-0.3, -0.25) is 9.69 Å². The largest absolute Gasteiger partial charge is 0.464 e. The van der Waals surface area contributed by atoms with E-state index in [4.69, 9.17) is 4.42 Å². The predicted molar refractivity (Wildman–Crippen MR) is 110 cm³/mol. The van der Waals surface area contributed by atoms with Crippen molar-refractivity contribution in [3.05, 3.63) is 57.5 Å². The first-order chi connectivity index (χ1) is 13.1. The number of likely N-dealkylation sites (tertiary alicyclic amines) is 1. The van der Waals surface area contributed by atoms with E-state index in [0.29, 0.717) is 13.0 Å². The van der Waals surface area contributed by atoms with Crippen LogP contribution in [0.3, 0.4) is 0 Å². The minimum atomic E-state index is 0.0525. The zero-order valence-corrected chi connectivity index (χ0v) is 16.8. The summed E-state index contributed by atoms with van der Waals surface area (Å²) in [6, 6.07) is 8.70. The zero-order chi connectivity index (χ0) is 18.8. The number of hydrogen-bond acceptors (Lipinski definition) is 4. The van der Waals surface area contributed by atoms with Gasteiger partial charge in [0.15, 0.2) is 0 Å². The maximum Gasteiger partial charge on any atom is 0.224 e. The van der Waals surface area contributed by atoms with Gasteiger partial charge in [-0.15, -0.1) is 11.3 Å². The monoisotopic (exact) mass is 382 g/mol. The molecule has 1 N–H and O–H groups in total. The van der Waals surface area contributed by atoms with E-state index in [1.807, 2.05) is 0 Å². The number of nitrogens with one attached hydrogen (secondary N) is 1. The molecule has 0 radical (unpaired) electrons. The van der Waals surface area contributed by atoms with Crippen molar-refractivity contribution in [3.8, 4) is 0 Å². The summed E-state index contributed by atoms with van der Waals surface area (Å²) in [5.74, 6) is 0.0525. The molecule has 142 valence electrons. The quantitative estimate of drug-likeness (QED) is 0.677. The number of furan rings is 1. The molecule has 2 aromatic heterocycles. The number of nitrogens with zero attached hydrogens (tertiary/aromatic N) is 1. The number of aryl methyl sites for hydroxylation is 2. The molecule has 0 aliphatic carbocycles. The van der Waals surface area contributed by atoms with Crippen molar-refractivity contribution < 1.29 is 9.21 Å². The fourth-order valence-electron chi connectivity index (χ4n) is 3.92. The van der Waals surface area contributed by atoms with E-state index >= 15 is 0 Å². The van der Waals surface area contributed by atoms with Gasteiger partial charge in [0.25, 0.3) is 0 Å². The van der Waals surface area contributed by atoms with Crippen molar-refractivity contribution in [2.75, 3.05) is 19.6 Å². The van der Waals surface area contributed by atoms with Gasteiger partial charge in [-0.25, -0.2) is 0 Å². The van der Waals surface area contributed by atoms with E-state index < -0.39 is 0 Å². The fourth-order valence-corrected chi connectivity index (χ4v) is 4.78. The van der Waals surface area contributed by atoms with Gasteiger partial charge in [-0.1, -0.05) is 18.2 Å². The van der Waals surface area contributed by atoms with Crippen LogP contribution >= 0.6 is 11.3 Å². The standard InChI is InChI=1S/C22H26N2O2S/c1-15-7-8-18-17(14-26-22(18)16(15)2)12-21(25)23-13-19(20-6-5-11-27-20)24-9-3-4-10-24/h5-8,11,14,19H,3-4,9-10,12-13H2,1-2H3,(H,23,25)/t19-/m1/s1. The molecule has 1 saturated heterocycles. The first kappa shape index (κ1) is 18.3. The van der Waals surface area contributed by atoms with Crippen LogP contribution in [0, 0.1) is 13.8 Å². The third-order valence-electron chi connectivity index (χ3n) is 5.64. The third-order valence-corrected chi connectivity index (χ3v) is 6.61. The summed E-state index contributed by atoms with van der Waals surface area (Å²) in [4.78, 5) is 16.4. The maximum atomic E-state index is 12.6. The van der Waals surface area contributed by atoms with Crippen LogP contribution in [0.1, 0.15) is 40.5 Å². The number of amides is 1. The van der Waals surface area contributed by atoms with Gasteiger partial charge in [0.05, 0.1) is 18.7 Å². The summed E-state index contributed by atoms with van der Waals surface area (Å²) < 4.78 is 5.74. The molecule has 5 heteroatoms. The third kappa shape index (κ3) is 3.80. The van der Waals surface area contributed by atoms with Crippen molar-refractivity contribution >= 4 is 28.2 Å². The topological polar surface area (TPSA) is 45.5 Å². The average molecular weight is 383 g/mol. The Labute approximate surface area is 164 Å². The summed E-state index contributed by atoms with van der Waals surface area (Å²) in [5.41, 5.74) is 4.20. The molecular weight excluding hydrogens is 356 g/mol. The van der Waals surface area contributed by atoms with E-state index in [1.54, 1.807) is 17.6 Å².